The first-order valence-corrected chi connectivity index (χ1v) is 38.8. The summed E-state index contributed by atoms with van der Waals surface area (Å²) in [6.07, 6.45) is 108. The molecule has 0 aromatic rings. The van der Waals surface area contributed by atoms with Gasteiger partial charge in [-0.25, -0.2) is 4.57 Å². The van der Waals surface area contributed by atoms with Gasteiger partial charge in [-0.1, -0.05) is 339 Å². The van der Waals surface area contributed by atoms with E-state index in [0.29, 0.717) is 6.42 Å². The van der Waals surface area contributed by atoms with Gasteiger partial charge in [0.25, 0.3) is 0 Å². The molecule has 0 saturated carbocycles. The number of carbonyl (C=O) groups excluding carboxylic acids is 2. The minimum atomic E-state index is -4.40. The second-order valence-corrected chi connectivity index (χ2v) is 25.9. The van der Waals surface area contributed by atoms with Crippen LogP contribution in [-0.4, -0.2) is 49.3 Å². The maximum atomic E-state index is 12.8. The van der Waals surface area contributed by atoms with Gasteiger partial charge in [-0.2, -0.15) is 0 Å². The fraction of sp³-hybridized carbons (Fsp3) is 0.679. The molecule has 0 spiro atoms. The van der Waals surface area contributed by atoms with Crippen LogP contribution in [0.1, 0.15) is 322 Å². The van der Waals surface area contributed by atoms with Crippen LogP contribution in [0.4, 0.5) is 0 Å². The molecule has 0 aromatic carbocycles. The molecule has 0 heterocycles. The van der Waals surface area contributed by atoms with Gasteiger partial charge >= 0.3 is 19.8 Å². The molecule has 2 unspecified atom stereocenters. The highest BCUT2D eigenvalue weighted by atomic mass is 31.2. The van der Waals surface area contributed by atoms with Crippen LogP contribution in [-0.2, 0) is 32.7 Å². The Kier molecular flexibility index (Phi) is 71.5. The number of rotatable bonds is 69. The van der Waals surface area contributed by atoms with Gasteiger partial charge in [0.1, 0.15) is 6.61 Å². The van der Waals surface area contributed by atoms with Gasteiger partial charge in [0, 0.05) is 19.4 Å². The number of phosphoric ester groups is 1. The SMILES string of the molecule is CC/C=C\C/C=C\C/C=C\C/C=C\C/C=C\C/C=C\CCCCCCCCCCCCCCCCCCCCCCC(=O)OC(COC(=O)CCCCCCCCCCCCCC/C=C\C/C=C\C/C=C\C/C=C\C/C=C\C/C=C\CC)COP(=O)(O)OCCN. The summed E-state index contributed by atoms with van der Waals surface area (Å²) < 4.78 is 33.2. The predicted octanol–water partition coefficient (Wildman–Crippen LogP) is 25.0. The van der Waals surface area contributed by atoms with Crippen molar-refractivity contribution in [2.45, 2.75) is 328 Å². The zero-order chi connectivity index (χ0) is 65.8. The average Bonchev–Trinajstić information content (AvgIpc) is 3.71. The van der Waals surface area contributed by atoms with Gasteiger partial charge in [0.2, 0.25) is 0 Å². The summed E-state index contributed by atoms with van der Waals surface area (Å²) >= 11 is 0. The van der Waals surface area contributed by atoms with Crippen molar-refractivity contribution in [1.29, 1.82) is 0 Å². The maximum absolute atomic E-state index is 12.8. The van der Waals surface area contributed by atoms with Gasteiger partial charge in [0.15, 0.2) is 6.10 Å². The van der Waals surface area contributed by atoms with E-state index in [4.69, 9.17) is 24.3 Å². The van der Waals surface area contributed by atoms with Gasteiger partial charge in [-0.3, -0.25) is 18.6 Å². The second-order valence-electron chi connectivity index (χ2n) is 24.4. The van der Waals surface area contributed by atoms with Gasteiger partial charge in [0.05, 0.1) is 13.2 Å². The molecule has 3 N–H and O–H groups in total. The zero-order valence-corrected chi connectivity index (χ0v) is 59.4. The monoisotopic (exact) mass is 1280 g/mol. The van der Waals surface area contributed by atoms with Crippen molar-refractivity contribution in [1.82, 2.24) is 0 Å². The van der Waals surface area contributed by atoms with Gasteiger partial charge < -0.3 is 20.1 Å². The lowest BCUT2D eigenvalue weighted by molar-refractivity contribution is -0.161. The largest absolute Gasteiger partial charge is 0.472 e. The Bertz CT molecular complexity index is 2010. The molecule has 0 aliphatic rings. The van der Waals surface area contributed by atoms with Crippen molar-refractivity contribution in [2.24, 2.45) is 5.73 Å². The van der Waals surface area contributed by atoms with E-state index in [0.717, 1.165) is 116 Å². The van der Waals surface area contributed by atoms with E-state index in [2.05, 4.69) is 160 Å². The van der Waals surface area contributed by atoms with Crippen molar-refractivity contribution in [2.75, 3.05) is 26.4 Å². The highest BCUT2D eigenvalue weighted by Gasteiger charge is 2.26. The van der Waals surface area contributed by atoms with Crippen LogP contribution in [0.2, 0.25) is 0 Å². The molecule has 0 aromatic heterocycles. The van der Waals surface area contributed by atoms with E-state index >= 15 is 0 Å². The standard InChI is InChI=1S/C81H138NO8P/c1-3-5-7-9-11-13-15-17-19-21-23-25-27-29-31-33-35-36-37-38-39-40-41-42-44-46-48-50-52-54-56-58-60-62-64-66-68-70-72-74-81(84)90-79(78-89-91(85,86)88-76-75-82)77-87-80(83)73-71-69-67-65-63-61-59-57-55-53-51-49-47-45-43-34-32-30-28-26-24-22-20-18-16-14-12-10-8-6-4-2/h5-8,11-14,17-20,23-26,29-32,35-36,43,45,79H,3-4,9-10,15-16,21-22,27-28,33-34,37-42,44,46-78,82H2,1-2H3,(H,85,86)/b7-5-,8-6-,13-11-,14-12-,19-17-,20-18-,25-23-,26-24-,31-29-,32-30-,36-35-,45-43-. The molecule has 0 aliphatic heterocycles. The van der Waals surface area contributed by atoms with Crippen LogP contribution in [0.3, 0.4) is 0 Å². The zero-order valence-electron chi connectivity index (χ0n) is 58.5. The first-order chi connectivity index (χ1) is 44.8. The number of unbranched alkanes of at least 4 members (excludes halogenated alkanes) is 32. The van der Waals surface area contributed by atoms with E-state index in [1.54, 1.807) is 0 Å². The fourth-order valence-corrected chi connectivity index (χ4v) is 11.1. The molecule has 520 valence electrons. The molecule has 0 saturated heterocycles. The molecular formula is C81H138NO8P. The van der Waals surface area contributed by atoms with E-state index in [1.807, 2.05) is 0 Å². The summed E-state index contributed by atoms with van der Waals surface area (Å²) in [6.45, 7) is 3.54. The lowest BCUT2D eigenvalue weighted by Crippen LogP contribution is -2.29. The van der Waals surface area contributed by atoms with Crippen LogP contribution in [0.15, 0.2) is 146 Å². The number of nitrogens with two attached hydrogens (primary N) is 1. The number of phosphoric acid groups is 1. The summed E-state index contributed by atoms with van der Waals surface area (Å²) in [4.78, 5) is 35.4. The summed E-state index contributed by atoms with van der Waals surface area (Å²) in [6, 6.07) is 0. The fourth-order valence-electron chi connectivity index (χ4n) is 10.3. The molecule has 0 fully saturated rings. The molecule has 0 amide bonds. The van der Waals surface area contributed by atoms with Crippen molar-refractivity contribution >= 4 is 19.8 Å². The first kappa shape index (κ1) is 86.9. The lowest BCUT2D eigenvalue weighted by atomic mass is 10.0. The highest BCUT2D eigenvalue weighted by molar-refractivity contribution is 7.47. The number of allylic oxidation sites excluding steroid dienone is 24. The smallest absolute Gasteiger partial charge is 0.462 e. The van der Waals surface area contributed by atoms with E-state index in [1.165, 1.54) is 173 Å². The number of hydrogen-bond donors (Lipinski definition) is 2. The van der Waals surface area contributed by atoms with Crippen molar-refractivity contribution in [3.63, 3.8) is 0 Å². The van der Waals surface area contributed by atoms with E-state index < -0.39 is 26.5 Å². The third kappa shape index (κ3) is 74.8. The highest BCUT2D eigenvalue weighted by Crippen LogP contribution is 2.43. The first-order valence-electron chi connectivity index (χ1n) is 37.3. The minimum Gasteiger partial charge on any atom is -0.462 e. The Morgan fingerprint density at radius 3 is 0.846 bits per heavy atom. The maximum Gasteiger partial charge on any atom is 0.472 e. The molecule has 0 aliphatic carbocycles. The van der Waals surface area contributed by atoms with Crippen LogP contribution in [0.25, 0.3) is 0 Å². The molecule has 0 bridgehead atoms. The molecule has 0 rings (SSSR count). The van der Waals surface area contributed by atoms with Gasteiger partial charge in [-0.15, -0.1) is 0 Å². The Morgan fingerprint density at radius 1 is 0.330 bits per heavy atom. The van der Waals surface area contributed by atoms with E-state index in [9.17, 15) is 19.0 Å². The summed E-state index contributed by atoms with van der Waals surface area (Å²) in [5.74, 6) is -0.824. The summed E-state index contributed by atoms with van der Waals surface area (Å²) in [5.41, 5.74) is 5.41. The lowest BCUT2D eigenvalue weighted by Gasteiger charge is -2.19. The van der Waals surface area contributed by atoms with Crippen LogP contribution in [0.5, 0.6) is 0 Å². The van der Waals surface area contributed by atoms with E-state index in [-0.39, 0.29) is 38.6 Å². The third-order valence-electron chi connectivity index (χ3n) is 15.7. The number of hydrogen-bond acceptors (Lipinski definition) is 8. The van der Waals surface area contributed by atoms with Crippen molar-refractivity contribution in [3.8, 4) is 0 Å². The molecule has 9 nitrogen and oxygen atoms in total. The van der Waals surface area contributed by atoms with Gasteiger partial charge in [-0.05, 0) is 116 Å². The second kappa shape index (κ2) is 74.9. The predicted molar refractivity (Wildman–Crippen MR) is 394 cm³/mol. The summed E-state index contributed by atoms with van der Waals surface area (Å²) in [5, 5.41) is 0. The van der Waals surface area contributed by atoms with Crippen LogP contribution >= 0.6 is 7.82 Å². The normalized spacial score (nSPS) is 13.8. The van der Waals surface area contributed by atoms with Crippen LogP contribution < -0.4 is 5.73 Å². The molecule has 10 heteroatoms. The Hall–Kier alpha value is -4.11. The molecular weight excluding hydrogens is 1150 g/mol. The van der Waals surface area contributed by atoms with Crippen LogP contribution in [0, 0.1) is 0 Å². The Balaban J connectivity index is 3.85. The Morgan fingerprint density at radius 2 is 0.571 bits per heavy atom. The van der Waals surface area contributed by atoms with Crippen molar-refractivity contribution < 1.29 is 37.6 Å². The summed E-state index contributed by atoms with van der Waals surface area (Å²) in [7, 11) is -4.40. The topological polar surface area (TPSA) is 134 Å². The number of carbonyl (C=O) groups is 2. The third-order valence-corrected chi connectivity index (χ3v) is 16.7. The molecule has 0 radical (unpaired) electrons. The average molecular weight is 1280 g/mol. The molecule has 91 heavy (non-hydrogen) atoms. The molecule has 2 atom stereocenters. The van der Waals surface area contributed by atoms with Crippen molar-refractivity contribution in [3.05, 3.63) is 146 Å². The minimum absolute atomic E-state index is 0.0491. The number of ether oxygens (including phenoxy) is 2. The number of esters is 2. The Labute approximate surface area is 560 Å². The quantitative estimate of drug-likeness (QED) is 0.0264.